The lowest BCUT2D eigenvalue weighted by Crippen LogP contribution is -2.45. The summed E-state index contributed by atoms with van der Waals surface area (Å²) in [4.78, 5) is 26.3. The van der Waals surface area contributed by atoms with Crippen LogP contribution in [0.1, 0.15) is 18.4 Å². The van der Waals surface area contributed by atoms with Gasteiger partial charge in [-0.3, -0.25) is 4.79 Å². The van der Waals surface area contributed by atoms with Gasteiger partial charge in [0.1, 0.15) is 29.0 Å². The third-order valence-corrected chi connectivity index (χ3v) is 6.59. The maximum absolute atomic E-state index is 13.5. The quantitative estimate of drug-likeness (QED) is 0.472. The largest absolute Gasteiger partial charge is 0.355 e. The monoisotopic (exact) mass is 443 g/mol. The van der Waals surface area contributed by atoms with Crippen LogP contribution in [0.5, 0.6) is 0 Å². The van der Waals surface area contributed by atoms with E-state index in [1.54, 1.807) is 12.1 Å². The zero-order valence-corrected chi connectivity index (χ0v) is 17.9. The number of benzene rings is 2. The molecule has 1 atom stereocenters. The summed E-state index contributed by atoms with van der Waals surface area (Å²) < 4.78 is 18.9. The molecule has 4 heterocycles. The Hall–Kier alpha value is -3.81. The zero-order valence-electron chi connectivity index (χ0n) is 17.9. The van der Waals surface area contributed by atoms with E-state index in [2.05, 4.69) is 26.1 Å². The summed E-state index contributed by atoms with van der Waals surface area (Å²) >= 11 is 0. The molecular formula is C25H22FN5O2. The van der Waals surface area contributed by atoms with Crippen molar-refractivity contribution in [3.05, 3.63) is 66.2 Å². The Balaban J connectivity index is 1.32. The summed E-state index contributed by atoms with van der Waals surface area (Å²) in [5.41, 5.74) is 3.93. The van der Waals surface area contributed by atoms with Crippen LogP contribution in [0, 0.1) is 11.7 Å². The Morgan fingerprint density at radius 1 is 1.06 bits per heavy atom. The summed E-state index contributed by atoms with van der Waals surface area (Å²) in [6, 6.07) is 14.2. The van der Waals surface area contributed by atoms with E-state index in [0.717, 1.165) is 43.6 Å². The molecule has 4 aromatic rings. The predicted molar refractivity (Wildman–Crippen MR) is 122 cm³/mol. The number of halogens is 1. The van der Waals surface area contributed by atoms with Crippen molar-refractivity contribution in [2.24, 2.45) is 5.92 Å². The van der Waals surface area contributed by atoms with Gasteiger partial charge in [0.25, 0.3) is 5.71 Å². The van der Waals surface area contributed by atoms with Crippen LogP contribution in [0.4, 0.5) is 15.9 Å². The molecular weight excluding hydrogens is 421 g/mol. The Kier molecular flexibility index (Phi) is 4.78. The zero-order chi connectivity index (χ0) is 22.4. The van der Waals surface area contributed by atoms with E-state index in [0.29, 0.717) is 29.2 Å². The van der Waals surface area contributed by atoms with E-state index in [9.17, 15) is 9.18 Å². The number of hydrogen-bond acceptors (Lipinski definition) is 6. The topological polar surface area (TPSA) is 75.4 Å². The Bertz CT molecular complexity index is 1340. The second-order valence-corrected chi connectivity index (χ2v) is 8.57. The standard InChI is InChI=1S/C25H22FN5O2/c26-19-9-7-17(8-10-19)22-21-23(27-15-28-24(21)33-29-22)30-12-3-5-18(14-30)25(32)31-13-11-16-4-1-2-6-20(16)31/h1-2,4,6-10,15,18H,3,5,11-14H2. The lowest BCUT2D eigenvalue weighted by Gasteiger charge is -2.35. The molecule has 1 saturated heterocycles. The number of anilines is 2. The first-order valence-electron chi connectivity index (χ1n) is 11.2. The molecule has 2 aromatic heterocycles. The van der Waals surface area contributed by atoms with Crippen molar-refractivity contribution < 1.29 is 13.7 Å². The smallest absolute Gasteiger partial charge is 0.263 e. The van der Waals surface area contributed by atoms with Crippen molar-refractivity contribution >= 4 is 28.5 Å². The molecule has 1 amide bonds. The van der Waals surface area contributed by atoms with E-state index in [1.807, 2.05) is 23.1 Å². The molecule has 8 heteroatoms. The second kappa shape index (κ2) is 7.95. The molecule has 1 unspecified atom stereocenters. The third kappa shape index (κ3) is 3.42. The molecule has 33 heavy (non-hydrogen) atoms. The second-order valence-electron chi connectivity index (χ2n) is 8.57. The number of piperidine rings is 1. The van der Waals surface area contributed by atoms with Gasteiger partial charge in [0.15, 0.2) is 0 Å². The van der Waals surface area contributed by atoms with E-state index < -0.39 is 0 Å². The summed E-state index contributed by atoms with van der Waals surface area (Å²) in [6.45, 7) is 2.07. The first kappa shape index (κ1) is 19.8. The number of rotatable bonds is 3. The number of amides is 1. The third-order valence-electron chi connectivity index (χ3n) is 6.59. The average molecular weight is 443 g/mol. The van der Waals surface area contributed by atoms with Crippen LogP contribution in [0.25, 0.3) is 22.4 Å². The Morgan fingerprint density at radius 3 is 2.79 bits per heavy atom. The van der Waals surface area contributed by atoms with Crippen LogP contribution in [0.3, 0.4) is 0 Å². The van der Waals surface area contributed by atoms with Crippen LogP contribution < -0.4 is 9.80 Å². The van der Waals surface area contributed by atoms with Gasteiger partial charge in [-0.2, -0.15) is 4.98 Å². The molecule has 0 radical (unpaired) electrons. The highest BCUT2D eigenvalue weighted by Gasteiger charge is 2.34. The van der Waals surface area contributed by atoms with Gasteiger partial charge in [-0.15, -0.1) is 0 Å². The number of aromatic nitrogens is 3. The lowest BCUT2D eigenvalue weighted by molar-refractivity contribution is -0.122. The lowest BCUT2D eigenvalue weighted by atomic mass is 9.96. The molecule has 0 spiro atoms. The van der Waals surface area contributed by atoms with Gasteiger partial charge in [0.05, 0.1) is 5.92 Å². The highest BCUT2D eigenvalue weighted by Crippen LogP contribution is 2.36. The molecule has 0 N–H and O–H groups in total. The van der Waals surface area contributed by atoms with Crippen LogP contribution in [0.2, 0.25) is 0 Å². The van der Waals surface area contributed by atoms with Gasteiger partial charge >= 0.3 is 0 Å². The highest BCUT2D eigenvalue weighted by molar-refractivity contribution is 5.99. The van der Waals surface area contributed by atoms with E-state index >= 15 is 0 Å². The van der Waals surface area contributed by atoms with Gasteiger partial charge in [-0.25, -0.2) is 9.37 Å². The minimum Gasteiger partial charge on any atom is -0.355 e. The minimum absolute atomic E-state index is 0.121. The van der Waals surface area contributed by atoms with Gasteiger partial charge in [-0.05, 0) is 55.2 Å². The Labute approximate surface area is 189 Å². The predicted octanol–water partition coefficient (Wildman–Crippen LogP) is 4.23. The van der Waals surface area contributed by atoms with E-state index in [4.69, 9.17) is 4.52 Å². The number of fused-ring (bicyclic) bond motifs is 2. The molecule has 7 nitrogen and oxygen atoms in total. The van der Waals surface area contributed by atoms with Crippen LogP contribution in [-0.4, -0.2) is 40.7 Å². The fourth-order valence-corrected chi connectivity index (χ4v) is 4.97. The summed E-state index contributed by atoms with van der Waals surface area (Å²) in [7, 11) is 0. The maximum Gasteiger partial charge on any atom is 0.263 e. The SMILES string of the molecule is O=C(C1CCCN(c2ncnc3onc(-c4ccc(F)cc4)c23)C1)N1CCc2ccccc21. The van der Waals surface area contributed by atoms with Crippen molar-refractivity contribution in [1.82, 2.24) is 15.1 Å². The molecule has 2 aliphatic rings. The van der Waals surface area contributed by atoms with Crippen LogP contribution in [-0.2, 0) is 11.2 Å². The molecule has 0 aliphatic carbocycles. The summed E-state index contributed by atoms with van der Waals surface area (Å²) in [5.74, 6) is 0.423. The number of para-hydroxylation sites is 1. The van der Waals surface area contributed by atoms with Gasteiger partial charge in [0, 0.05) is 30.9 Å². The van der Waals surface area contributed by atoms with Crippen molar-refractivity contribution in [3.63, 3.8) is 0 Å². The Morgan fingerprint density at radius 2 is 1.91 bits per heavy atom. The van der Waals surface area contributed by atoms with E-state index in [-0.39, 0.29) is 17.6 Å². The highest BCUT2D eigenvalue weighted by atomic mass is 19.1. The normalized spacial score (nSPS) is 18.0. The maximum atomic E-state index is 13.5. The molecule has 6 rings (SSSR count). The fraction of sp³-hybridized carbons (Fsp3) is 0.280. The van der Waals surface area contributed by atoms with Gasteiger partial charge in [0.2, 0.25) is 5.91 Å². The molecule has 166 valence electrons. The van der Waals surface area contributed by atoms with Gasteiger partial charge in [-0.1, -0.05) is 23.4 Å². The fourth-order valence-electron chi connectivity index (χ4n) is 4.97. The number of nitrogens with zero attached hydrogens (tertiary/aromatic N) is 5. The summed E-state index contributed by atoms with van der Waals surface area (Å²) in [6.07, 6.45) is 4.08. The van der Waals surface area contributed by atoms with Crippen molar-refractivity contribution in [3.8, 4) is 11.3 Å². The molecule has 0 bridgehead atoms. The van der Waals surface area contributed by atoms with E-state index in [1.165, 1.54) is 24.0 Å². The molecule has 0 saturated carbocycles. The van der Waals surface area contributed by atoms with Crippen molar-refractivity contribution in [2.45, 2.75) is 19.3 Å². The van der Waals surface area contributed by atoms with Crippen LogP contribution in [0.15, 0.2) is 59.4 Å². The number of carbonyl (C=O) groups excluding carboxylic acids is 1. The number of carbonyl (C=O) groups is 1. The molecule has 1 fully saturated rings. The first-order valence-corrected chi connectivity index (χ1v) is 11.2. The van der Waals surface area contributed by atoms with Crippen molar-refractivity contribution in [1.29, 1.82) is 0 Å². The molecule has 2 aliphatic heterocycles. The average Bonchev–Trinajstić information content (AvgIpc) is 3.49. The van der Waals surface area contributed by atoms with Crippen LogP contribution >= 0.6 is 0 Å². The first-order chi connectivity index (χ1) is 16.2. The molecule has 2 aromatic carbocycles. The number of hydrogen-bond donors (Lipinski definition) is 0. The summed E-state index contributed by atoms with van der Waals surface area (Å²) in [5, 5.41) is 4.88. The van der Waals surface area contributed by atoms with Crippen molar-refractivity contribution in [2.75, 3.05) is 29.4 Å². The minimum atomic E-state index is -0.316. The van der Waals surface area contributed by atoms with Gasteiger partial charge < -0.3 is 14.3 Å².